The molecule has 1 aromatic heterocycles. The highest BCUT2D eigenvalue weighted by Gasteiger charge is 2.27. The van der Waals surface area contributed by atoms with Crippen LogP contribution >= 0.6 is 11.6 Å². The quantitative estimate of drug-likeness (QED) is 0.611. The molecular formula is C17H21ClN6O5S. The SMILES string of the molecule is CC(OC(=O)Cn1cnnn1)C(=O)Nc1cc(S(=O)(=O)N2CCCCC2)ccc1Cl. The molecule has 1 saturated heterocycles. The van der Waals surface area contributed by atoms with E-state index in [4.69, 9.17) is 16.3 Å². The molecule has 13 heteroatoms. The number of aromatic nitrogens is 4. The van der Waals surface area contributed by atoms with Crippen LogP contribution in [0.3, 0.4) is 0 Å². The van der Waals surface area contributed by atoms with Crippen LogP contribution in [0.25, 0.3) is 0 Å². The molecule has 162 valence electrons. The molecule has 2 heterocycles. The Balaban J connectivity index is 1.67. The van der Waals surface area contributed by atoms with Gasteiger partial charge in [-0.05, 0) is 48.4 Å². The van der Waals surface area contributed by atoms with Gasteiger partial charge in [0.25, 0.3) is 5.91 Å². The number of ether oxygens (including phenoxy) is 1. The molecule has 1 unspecified atom stereocenters. The number of carbonyl (C=O) groups excluding carboxylic acids is 2. The molecule has 30 heavy (non-hydrogen) atoms. The van der Waals surface area contributed by atoms with Crippen LogP contribution in [0.2, 0.25) is 5.02 Å². The van der Waals surface area contributed by atoms with Crippen LogP contribution in [0, 0.1) is 0 Å². The van der Waals surface area contributed by atoms with Crippen LogP contribution in [0.5, 0.6) is 0 Å². The molecule has 1 atom stereocenters. The van der Waals surface area contributed by atoms with Crippen molar-refractivity contribution in [2.45, 2.75) is 43.7 Å². The average Bonchev–Trinajstić information content (AvgIpc) is 3.22. The number of rotatable bonds is 7. The van der Waals surface area contributed by atoms with Crippen molar-refractivity contribution in [3.63, 3.8) is 0 Å². The van der Waals surface area contributed by atoms with Crippen LogP contribution in [0.15, 0.2) is 29.4 Å². The van der Waals surface area contributed by atoms with E-state index in [0.717, 1.165) is 23.9 Å². The summed E-state index contributed by atoms with van der Waals surface area (Å²) in [5, 5.41) is 13.0. The molecule has 11 nitrogen and oxygen atoms in total. The highest BCUT2D eigenvalue weighted by atomic mass is 35.5. The molecule has 1 aromatic carbocycles. The third kappa shape index (κ3) is 5.32. The second kappa shape index (κ2) is 9.49. The van der Waals surface area contributed by atoms with E-state index in [1.807, 2.05) is 0 Å². The summed E-state index contributed by atoms with van der Waals surface area (Å²) in [5.41, 5.74) is 0.114. The molecule has 0 aliphatic carbocycles. The molecule has 1 fully saturated rings. The Hall–Kier alpha value is -2.57. The number of tetrazole rings is 1. The normalized spacial score (nSPS) is 16.1. The summed E-state index contributed by atoms with van der Waals surface area (Å²) in [6, 6.07) is 4.11. The van der Waals surface area contributed by atoms with Crippen molar-refractivity contribution >= 4 is 39.2 Å². The summed E-state index contributed by atoms with van der Waals surface area (Å²) in [6.45, 7) is 2.05. The molecule has 1 N–H and O–H groups in total. The smallest absolute Gasteiger partial charge is 0.328 e. The van der Waals surface area contributed by atoms with Crippen molar-refractivity contribution in [1.29, 1.82) is 0 Å². The number of piperidine rings is 1. The first-order valence-corrected chi connectivity index (χ1v) is 11.1. The first-order valence-electron chi connectivity index (χ1n) is 9.28. The number of benzene rings is 1. The first-order chi connectivity index (χ1) is 14.3. The van der Waals surface area contributed by atoms with E-state index >= 15 is 0 Å². The third-order valence-electron chi connectivity index (χ3n) is 4.51. The average molecular weight is 457 g/mol. The molecule has 1 amide bonds. The second-order valence-corrected chi connectivity index (χ2v) is 9.08. The zero-order valence-electron chi connectivity index (χ0n) is 16.2. The van der Waals surface area contributed by atoms with E-state index in [2.05, 4.69) is 20.8 Å². The number of hydrogen-bond acceptors (Lipinski definition) is 8. The van der Waals surface area contributed by atoms with Gasteiger partial charge in [0.15, 0.2) is 6.10 Å². The summed E-state index contributed by atoms with van der Waals surface area (Å²) >= 11 is 6.13. The van der Waals surface area contributed by atoms with Gasteiger partial charge in [0.05, 0.1) is 15.6 Å². The molecule has 0 radical (unpaired) electrons. The van der Waals surface area contributed by atoms with Crippen molar-refractivity contribution in [2.75, 3.05) is 18.4 Å². The van der Waals surface area contributed by atoms with Crippen molar-refractivity contribution in [3.8, 4) is 0 Å². The number of sulfonamides is 1. The van der Waals surface area contributed by atoms with Crippen molar-refractivity contribution in [2.24, 2.45) is 0 Å². The minimum Gasteiger partial charge on any atom is -0.451 e. The molecule has 1 aliphatic heterocycles. The van der Waals surface area contributed by atoms with Gasteiger partial charge in [0.2, 0.25) is 10.0 Å². The fraction of sp³-hybridized carbons (Fsp3) is 0.471. The number of carbonyl (C=O) groups is 2. The highest BCUT2D eigenvalue weighted by molar-refractivity contribution is 7.89. The lowest BCUT2D eigenvalue weighted by Crippen LogP contribution is -2.35. The summed E-state index contributed by atoms with van der Waals surface area (Å²) in [6.07, 6.45) is 2.71. The summed E-state index contributed by atoms with van der Waals surface area (Å²) in [5.74, 6) is -1.37. The van der Waals surface area contributed by atoms with Crippen LogP contribution in [-0.4, -0.2) is 64.0 Å². The van der Waals surface area contributed by atoms with E-state index in [1.165, 1.54) is 35.8 Å². The van der Waals surface area contributed by atoms with E-state index in [-0.39, 0.29) is 22.2 Å². The number of esters is 1. The van der Waals surface area contributed by atoms with Crippen LogP contribution in [-0.2, 0) is 30.9 Å². The lowest BCUT2D eigenvalue weighted by atomic mass is 10.2. The molecule has 2 aromatic rings. The van der Waals surface area contributed by atoms with Gasteiger partial charge >= 0.3 is 5.97 Å². The number of nitrogens with zero attached hydrogens (tertiary/aromatic N) is 5. The minimum absolute atomic E-state index is 0.0347. The Bertz CT molecular complexity index is 1010. The maximum atomic E-state index is 12.8. The van der Waals surface area contributed by atoms with Crippen molar-refractivity contribution < 1.29 is 22.7 Å². The van der Waals surface area contributed by atoms with Gasteiger partial charge in [-0.3, -0.25) is 9.59 Å². The fourth-order valence-corrected chi connectivity index (χ4v) is 4.63. The third-order valence-corrected chi connectivity index (χ3v) is 6.73. The first kappa shape index (κ1) is 22.1. The predicted molar refractivity (Wildman–Crippen MR) is 106 cm³/mol. The summed E-state index contributed by atoms with van der Waals surface area (Å²) < 4.78 is 33.3. The summed E-state index contributed by atoms with van der Waals surface area (Å²) in [4.78, 5) is 24.3. The standard InChI is InChI=1S/C17H21ClN6O5S/c1-12(29-16(25)10-23-11-19-21-22-23)17(26)20-15-9-13(5-6-14(15)18)30(27,28)24-7-3-2-4-8-24/h5-6,9,11-12H,2-4,7-8,10H2,1H3,(H,20,26). The molecule has 1 aliphatic rings. The predicted octanol–water partition coefficient (Wildman–Crippen LogP) is 1.07. The van der Waals surface area contributed by atoms with Gasteiger partial charge in [0.1, 0.15) is 12.9 Å². The molecule has 0 bridgehead atoms. The number of halogens is 1. The minimum atomic E-state index is -3.69. The summed E-state index contributed by atoms with van der Waals surface area (Å²) in [7, 11) is -3.69. The van der Waals surface area contributed by atoms with Crippen LogP contribution < -0.4 is 5.32 Å². The van der Waals surface area contributed by atoms with Gasteiger partial charge in [-0.1, -0.05) is 18.0 Å². The van der Waals surface area contributed by atoms with Crippen molar-refractivity contribution in [3.05, 3.63) is 29.5 Å². The largest absolute Gasteiger partial charge is 0.451 e. The zero-order chi connectivity index (χ0) is 21.7. The van der Waals surface area contributed by atoms with Crippen LogP contribution in [0.1, 0.15) is 26.2 Å². The lowest BCUT2D eigenvalue weighted by molar-refractivity contribution is -0.153. The fourth-order valence-electron chi connectivity index (χ4n) is 2.92. The second-order valence-electron chi connectivity index (χ2n) is 6.74. The van der Waals surface area contributed by atoms with E-state index < -0.39 is 28.0 Å². The maximum absolute atomic E-state index is 12.8. The topological polar surface area (TPSA) is 136 Å². The van der Waals surface area contributed by atoms with Gasteiger partial charge in [0, 0.05) is 13.1 Å². The number of anilines is 1. The number of nitrogens with one attached hydrogen (secondary N) is 1. The van der Waals surface area contributed by atoms with Crippen molar-refractivity contribution in [1.82, 2.24) is 24.5 Å². The number of hydrogen-bond donors (Lipinski definition) is 1. The maximum Gasteiger partial charge on any atom is 0.328 e. The lowest BCUT2D eigenvalue weighted by Gasteiger charge is -2.26. The molecule has 0 saturated carbocycles. The Morgan fingerprint density at radius 2 is 2.00 bits per heavy atom. The van der Waals surface area contributed by atoms with E-state index in [0.29, 0.717) is 13.1 Å². The Morgan fingerprint density at radius 3 is 2.67 bits per heavy atom. The molecule has 0 spiro atoms. The van der Waals surface area contributed by atoms with Gasteiger partial charge in [-0.15, -0.1) is 5.10 Å². The highest BCUT2D eigenvalue weighted by Crippen LogP contribution is 2.28. The van der Waals surface area contributed by atoms with Gasteiger partial charge < -0.3 is 10.1 Å². The molecular weight excluding hydrogens is 436 g/mol. The Morgan fingerprint density at radius 1 is 1.27 bits per heavy atom. The Kier molecular flexibility index (Phi) is 7.00. The Labute approximate surface area is 178 Å². The van der Waals surface area contributed by atoms with E-state index in [9.17, 15) is 18.0 Å². The molecule has 3 rings (SSSR count). The van der Waals surface area contributed by atoms with Crippen LogP contribution in [0.4, 0.5) is 5.69 Å². The zero-order valence-corrected chi connectivity index (χ0v) is 17.8. The van der Waals surface area contributed by atoms with E-state index in [1.54, 1.807) is 0 Å². The number of amides is 1. The van der Waals surface area contributed by atoms with Gasteiger partial charge in [-0.25, -0.2) is 13.1 Å². The van der Waals surface area contributed by atoms with Gasteiger partial charge in [-0.2, -0.15) is 4.31 Å². The monoisotopic (exact) mass is 456 g/mol.